The van der Waals surface area contributed by atoms with Gasteiger partial charge in [0.15, 0.2) is 0 Å². The van der Waals surface area contributed by atoms with Crippen molar-refractivity contribution >= 4 is 5.91 Å². The second-order valence-electron chi connectivity index (χ2n) is 5.77. The standard InChI is InChI=1S/C16H24N2O/c1-3-16(2,12-17)15(19)18-10-9-14(11-18)13-7-5-4-6-8-13/h4-8,14H,3,9-12,17H2,1-2H3. The van der Waals surface area contributed by atoms with E-state index in [4.69, 9.17) is 5.73 Å². The monoisotopic (exact) mass is 260 g/mol. The van der Waals surface area contributed by atoms with E-state index in [2.05, 4.69) is 24.3 Å². The van der Waals surface area contributed by atoms with E-state index in [0.717, 1.165) is 25.9 Å². The third kappa shape index (κ3) is 2.81. The van der Waals surface area contributed by atoms with Crippen molar-refractivity contribution in [3.8, 4) is 0 Å². The first kappa shape index (κ1) is 14.1. The summed E-state index contributed by atoms with van der Waals surface area (Å²) < 4.78 is 0. The average molecular weight is 260 g/mol. The predicted molar refractivity (Wildman–Crippen MR) is 77.8 cm³/mol. The molecule has 1 amide bonds. The Bertz CT molecular complexity index is 426. The van der Waals surface area contributed by atoms with Gasteiger partial charge < -0.3 is 10.6 Å². The average Bonchev–Trinajstić information content (AvgIpc) is 2.96. The molecule has 1 fully saturated rings. The van der Waals surface area contributed by atoms with Crippen LogP contribution in [0.1, 0.15) is 38.2 Å². The molecular formula is C16H24N2O. The summed E-state index contributed by atoms with van der Waals surface area (Å²) in [6.07, 6.45) is 1.86. The van der Waals surface area contributed by atoms with Crippen LogP contribution >= 0.6 is 0 Å². The predicted octanol–water partition coefficient (Wildman–Crippen LogP) is 2.38. The molecule has 1 aromatic carbocycles. The lowest BCUT2D eigenvalue weighted by Gasteiger charge is -2.30. The van der Waals surface area contributed by atoms with Crippen molar-refractivity contribution in [2.75, 3.05) is 19.6 Å². The summed E-state index contributed by atoms with van der Waals surface area (Å²) in [5.41, 5.74) is 6.72. The summed E-state index contributed by atoms with van der Waals surface area (Å²) >= 11 is 0. The van der Waals surface area contributed by atoms with Gasteiger partial charge >= 0.3 is 0 Å². The van der Waals surface area contributed by atoms with E-state index in [1.165, 1.54) is 5.56 Å². The lowest BCUT2D eigenvalue weighted by molar-refractivity contribution is -0.139. The summed E-state index contributed by atoms with van der Waals surface area (Å²) in [5, 5.41) is 0. The number of carbonyl (C=O) groups excluding carboxylic acids is 1. The highest BCUT2D eigenvalue weighted by atomic mass is 16.2. The van der Waals surface area contributed by atoms with Crippen LogP contribution in [0, 0.1) is 5.41 Å². The molecule has 1 aliphatic rings. The molecule has 0 radical (unpaired) electrons. The molecule has 0 aromatic heterocycles. The highest BCUT2D eigenvalue weighted by Gasteiger charge is 2.37. The summed E-state index contributed by atoms with van der Waals surface area (Å²) in [7, 11) is 0. The van der Waals surface area contributed by atoms with Crippen molar-refractivity contribution in [1.29, 1.82) is 0 Å². The van der Waals surface area contributed by atoms with E-state index in [0.29, 0.717) is 12.5 Å². The van der Waals surface area contributed by atoms with Gasteiger partial charge in [0.1, 0.15) is 0 Å². The molecule has 1 heterocycles. The Kier molecular flexibility index (Phi) is 4.25. The van der Waals surface area contributed by atoms with Crippen molar-refractivity contribution in [2.24, 2.45) is 11.1 Å². The Labute approximate surface area is 115 Å². The van der Waals surface area contributed by atoms with Crippen molar-refractivity contribution in [3.05, 3.63) is 35.9 Å². The quantitative estimate of drug-likeness (QED) is 0.903. The fraction of sp³-hybridized carbons (Fsp3) is 0.562. The van der Waals surface area contributed by atoms with E-state index >= 15 is 0 Å². The number of amides is 1. The lowest BCUT2D eigenvalue weighted by atomic mass is 9.86. The van der Waals surface area contributed by atoms with Crippen LogP contribution in [0.25, 0.3) is 0 Å². The number of rotatable bonds is 4. The minimum atomic E-state index is -0.397. The molecular weight excluding hydrogens is 236 g/mol. The summed E-state index contributed by atoms with van der Waals surface area (Å²) in [4.78, 5) is 14.5. The van der Waals surface area contributed by atoms with Gasteiger partial charge in [-0.25, -0.2) is 0 Å². The normalized spacial score (nSPS) is 22.3. The van der Waals surface area contributed by atoms with E-state index in [1.54, 1.807) is 0 Å². The molecule has 1 aliphatic heterocycles. The lowest BCUT2D eigenvalue weighted by Crippen LogP contribution is -2.45. The maximum Gasteiger partial charge on any atom is 0.229 e. The zero-order valence-corrected chi connectivity index (χ0v) is 11.9. The number of nitrogens with zero attached hydrogens (tertiary/aromatic N) is 1. The zero-order chi connectivity index (χ0) is 13.9. The third-order valence-electron chi connectivity index (χ3n) is 4.49. The molecule has 1 aromatic rings. The molecule has 0 saturated carbocycles. The molecule has 2 N–H and O–H groups in total. The topological polar surface area (TPSA) is 46.3 Å². The first-order chi connectivity index (χ1) is 9.10. The number of hydrogen-bond donors (Lipinski definition) is 1. The molecule has 2 rings (SSSR count). The van der Waals surface area contributed by atoms with E-state index in [-0.39, 0.29) is 5.91 Å². The van der Waals surface area contributed by atoms with Crippen LogP contribution in [-0.2, 0) is 4.79 Å². The largest absolute Gasteiger partial charge is 0.342 e. The van der Waals surface area contributed by atoms with Gasteiger partial charge in [0.05, 0.1) is 5.41 Å². The summed E-state index contributed by atoms with van der Waals surface area (Å²) in [5.74, 6) is 0.694. The van der Waals surface area contributed by atoms with Crippen LogP contribution < -0.4 is 5.73 Å². The Morgan fingerprint density at radius 3 is 2.68 bits per heavy atom. The first-order valence-corrected chi connectivity index (χ1v) is 7.15. The molecule has 2 unspecified atom stereocenters. The van der Waals surface area contributed by atoms with Crippen LogP contribution in [0.2, 0.25) is 0 Å². The van der Waals surface area contributed by atoms with Crippen LogP contribution in [0.3, 0.4) is 0 Å². The fourth-order valence-corrected chi connectivity index (χ4v) is 2.71. The van der Waals surface area contributed by atoms with E-state index < -0.39 is 5.41 Å². The molecule has 0 bridgehead atoms. The first-order valence-electron chi connectivity index (χ1n) is 7.15. The Morgan fingerprint density at radius 1 is 1.42 bits per heavy atom. The maximum atomic E-state index is 12.6. The SMILES string of the molecule is CCC(C)(CN)C(=O)N1CCC(c2ccccc2)C1. The molecule has 104 valence electrons. The third-order valence-corrected chi connectivity index (χ3v) is 4.49. The smallest absolute Gasteiger partial charge is 0.229 e. The molecule has 19 heavy (non-hydrogen) atoms. The molecule has 1 saturated heterocycles. The van der Waals surface area contributed by atoms with Gasteiger partial charge in [-0.05, 0) is 25.3 Å². The van der Waals surface area contributed by atoms with Gasteiger partial charge in [-0.15, -0.1) is 0 Å². The van der Waals surface area contributed by atoms with Gasteiger partial charge in [0.2, 0.25) is 5.91 Å². The minimum Gasteiger partial charge on any atom is -0.342 e. The second kappa shape index (κ2) is 5.74. The zero-order valence-electron chi connectivity index (χ0n) is 11.9. The summed E-state index contributed by atoms with van der Waals surface area (Å²) in [6.45, 7) is 6.13. The Morgan fingerprint density at radius 2 is 2.11 bits per heavy atom. The second-order valence-corrected chi connectivity index (χ2v) is 5.77. The molecule has 2 atom stereocenters. The van der Waals surface area contributed by atoms with E-state index in [9.17, 15) is 4.79 Å². The number of carbonyl (C=O) groups is 1. The van der Waals surface area contributed by atoms with Gasteiger partial charge in [0.25, 0.3) is 0 Å². The van der Waals surface area contributed by atoms with Crippen molar-refractivity contribution in [2.45, 2.75) is 32.6 Å². The van der Waals surface area contributed by atoms with Gasteiger partial charge in [-0.3, -0.25) is 4.79 Å². The van der Waals surface area contributed by atoms with Crippen LogP contribution in [0.4, 0.5) is 0 Å². The van der Waals surface area contributed by atoms with Crippen molar-refractivity contribution < 1.29 is 4.79 Å². The minimum absolute atomic E-state index is 0.218. The number of likely N-dealkylation sites (tertiary alicyclic amines) is 1. The Hall–Kier alpha value is -1.35. The molecule has 0 spiro atoms. The molecule has 3 heteroatoms. The van der Waals surface area contributed by atoms with Crippen LogP contribution in [-0.4, -0.2) is 30.4 Å². The van der Waals surface area contributed by atoms with Crippen molar-refractivity contribution in [3.63, 3.8) is 0 Å². The van der Waals surface area contributed by atoms with Gasteiger partial charge in [-0.2, -0.15) is 0 Å². The number of nitrogens with two attached hydrogens (primary N) is 1. The highest BCUT2D eigenvalue weighted by Crippen LogP contribution is 2.31. The molecule has 0 aliphatic carbocycles. The Balaban J connectivity index is 2.05. The van der Waals surface area contributed by atoms with Crippen molar-refractivity contribution in [1.82, 2.24) is 4.90 Å². The van der Waals surface area contributed by atoms with Gasteiger partial charge in [-0.1, -0.05) is 37.3 Å². The van der Waals surface area contributed by atoms with Crippen LogP contribution in [0.5, 0.6) is 0 Å². The van der Waals surface area contributed by atoms with Gasteiger partial charge in [0, 0.05) is 25.6 Å². The fourth-order valence-electron chi connectivity index (χ4n) is 2.71. The van der Waals surface area contributed by atoms with Crippen LogP contribution in [0.15, 0.2) is 30.3 Å². The number of benzene rings is 1. The number of hydrogen-bond acceptors (Lipinski definition) is 2. The van der Waals surface area contributed by atoms with E-state index in [1.807, 2.05) is 24.8 Å². The summed E-state index contributed by atoms with van der Waals surface area (Å²) in [6, 6.07) is 10.5. The molecule has 3 nitrogen and oxygen atoms in total. The maximum absolute atomic E-state index is 12.6. The highest BCUT2D eigenvalue weighted by molar-refractivity contribution is 5.83.